The predicted molar refractivity (Wildman–Crippen MR) is 54.7 cm³/mol. The van der Waals surface area contributed by atoms with E-state index in [-0.39, 0.29) is 30.4 Å². The topological polar surface area (TPSA) is 67.8 Å². The molecule has 5 heteroatoms. The molecule has 0 radical (unpaired) electrons. The third-order valence-corrected chi connectivity index (χ3v) is 1.90. The lowest BCUT2D eigenvalue weighted by molar-refractivity contribution is 0.298. The average molecular weight is 212 g/mol. The fourth-order valence-corrected chi connectivity index (χ4v) is 1.05. The Morgan fingerprint density at radius 1 is 1.60 bits per heavy atom. The minimum Gasteiger partial charge on any atom is -0.490 e. The van der Waals surface area contributed by atoms with E-state index in [4.69, 9.17) is 15.7 Å². The van der Waals surface area contributed by atoms with Crippen LogP contribution in [0.2, 0.25) is 0 Å². The largest absolute Gasteiger partial charge is 0.490 e. The molecule has 82 valence electrons. The zero-order valence-corrected chi connectivity index (χ0v) is 8.40. The van der Waals surface area contributed by atoms with Crippen molar-refractivity contribution in [1.82, 2.24) is 0 Å². The number of ether oxygens (including phenoxy) is 1. The summed E-state index contributed by atoms with van der Waals surface area (Å²) in [5, 5.41) is 11.0. The standard InChI is InChI=1S/C10H13FN2O2/c1-7-3-2-4-8(10(7)11)15-6-5-9(12)13-14/h2-4,14H,5-6H2,1H3,(H2,12,13). The summed E-state index contributed by atoms with van der Waals surface area (Å²) in [6.45, 7) is 1.84. The van der Waals surface area contributed by atoms with Crippen molar-refractivity contribution in [1.29, 1.82) is 0 Å². The van der Waals surface area contributed by atoms with Crippen molar-refractivity contribution < 1.29 is 14.3 Å². The first-order chi connectivity index (χ1) is 7.15. The molecule has 0 unspecified atom stereocenters. The molecule has 15 heavy (non-hydrogen) atoms. The first kappa shape index (κ1) is 11.3. The second-order valence-electron chi connectivity index (χ2n) is 3.08. The van der Waals surface area contributed by atoms with Crippen LogP contribution in [0.15, 0.2) is 23.4 Å². The molecule has 0 aliphatic heterocycles. The van der Waals surface area contributed by atoms with Crippen LogP contribution < -0.4 is 10.5 Å². The maximum absolute atomic E-state index is 13.4. The Morgan fingerprint density at radius 3 is 3.00 bits per heavy atom. The van der Waals surface area contributed by atoms with E-state index in [1.807, 2.05) is 0 Å². The lowest BCUT2D eigenvalue weighted by Crippen LogP contribution is -2.15. The highest BCUT2D eigenvalue weighted by Gasteiger charge is 2.05. The molecule has 3 N–H and O–H groups in total. The van der Waals surface area contributed by atoms with Gasteiger partial charge in [-0.3, -0.25) is 0 Å². The maximum atomic E-state index is 13.4. The zero-order chi connectivity index (χ0) is 11.3. The number of halogens is 1. The minimum absolute atomic E-state index is 0.0584. The third-order valence-electron chi connectivity index (χ3n) is 1.90. The lowest BCUT2D eigenvalue weighted by atomic mass is 10.2. The summed E-state index contributed by atoms with van der Waals surface area (Å²) >= 11 is 0. The van der Waals surface area contributed by atoms with Crippen LogP contribution in [0.3, 0.4) is 0 Å². The molecular formula is C10H13FN2O2. The summed E-state index contributed by atoms with van der Waals surface area (Å²) < 4.78 is 18.5. The molecule has 4 nitrogen and oxygen atoms in total. The van der Waals surface area contributed by atoms with Crippen LogP contribution in [0.5, 0.6) is 5.75 Å². The fraction of sp³-hybridized carbons (Fsp3) is 0.300. The minimum atomic E-state index is -0.378. The van der Waals surface area contributed by atoms with E-state index in [0.29, 0.717) is 5.56 Å². The Morgan fingerprint density at radius 2 is 2.33 bits per heavy atom. The van der Waals surface area contributed by atoms with Gasteiger partial charge in [0.25, 0.3) is 0 Å². The first-order valence-electron chi connectivity index (χ1n) is 4.49. The number of amidine groups is 1. The summed E-state index contributed by atoms with van der Waals surface area (Å²) in [7, 11) is 0. The van der Waals surface area contributed by atoms with Crippen LogP contribution in [0.1, 0.15) is 12.0 Å². The molecule has 0 saturated heterocycles. The molecular weight excluding hydrogens is 199 g/mol. The highest BCUT2D eigenvalue weighted by atomic mass is 19.1. The molecule has 1 rings (SSSR count). The molecule has 0 fully saturated rings. The summed E-state index contributed by atoms with van der Waals surface area (Å²) in [5.41, 5.74) is 5.76. The van der Waals surface area contributed by atoms with Crippen LogP contribution in [-0.2, 0) is 0 Å². The van der Waals surface area contributed by atoms with Crippen molar-refractivity contribution in [2.24, 2.45) is 10.9 Å². The van der Waals surface area contributed by atoms with Gasteiger partial charge < -0.3 is 15.7 Å². The Bertz CT molecular complexity index is 366. The Hall–Kier alpha value is -1.78. The van der Waals surface area contributed by atoms with Gasteiger partial charge in [0.2, 0.25) is 0 Å². The van der Waals surface area contributed by atoms with Gasteiger partial charge in [-0.15, -0.1) is 0 Å². The summed E-state index contributed by atoms with van der Waals surface area (Å²) in [4.78, 5) is 0. The van der Waals surface area contributed by atoms with Crippen molar-refractivity contribution in [3.63, 3.8) is 0 Å². The second-order valence-corrected chi connectivity index (χ2v) is 3.08. The average Bonchev–Trinajstić information content (AvgIpc) is 2.24. The molecule has 0 amide bonds. The molecule has 0 aromatic heterocycles. The third kappa shape index (κ3) is 3.12. The van der Waals surface area contributed by atoms with Gasteiger partial charge in [0, 0.05) is 6.42 Å². The quantitative estimate of drug-likeness (QED) is 0.345. The SMILES string of the molecule is Cc1cccc(OCC/C(N)=N/O)c1F. The highest BCUT2D eigenvalue weighted by Crippen LogP contribution is 2.19. The second kappa shape index (κ2) is 5.19. The normalized spacial score (nSPS) is 11.5. The van der Waals surface area contributed by atoms with Gasteiger partial charge in [-0.1, -0.05) is 17.3 Å². The van der Waals surface area contributed by atoms with Crippen molar-refractivity contribution in [3.05, 3.63) is 29.6 Å². The Labute approximate surface area is 87.2 Å². The van der Waals surface area contributed by atoms with E-state index in [1.165, 1.54) is 6.07 Å². The molecule has 0 atom stereocenters. The zero-order valence-electron chi connectivity index (χ0n) is 8.40. The summed E-state index contributed by atoms with van der Waals surface area (Å²) in [6.07, 6.45) is 0.254. The Kier molecular flexibility index (Phi) is 3.91. The predicted octanol–water partition coefficient (Wildman–Crippen LogP) is 1.65. The van der Waals surface area contributed by atoms with Crippen molar-refractivity contribution >= 4 is 5.84 Å². The molecule has 0 spiro atoms. The fourth-order valence-electron chi connectivity index (χ4n) is 1.05. The molecule has 1 aromatic carbocycles. The summed E-state index contributed by atoms with van der Waals surface area (Å²) in [6, 6.07) is 4.90. The van der Waals surface area contributed by atoms with Gasteiger partial charge in [0.15, 0.2) is 11.6 Å². The van der Waals surface area contributed by atoms with Crippen LogP contribution >= 0.6 is 0 Å². The Balaban J connectivity index is 2.55. The molecule has 1 aromatic rings. The van der Waals surface area contributed by atoms with E-state index >= 15 is 0 Å². The van der Waals surface area contributed by atoms with Crippen molar-refractivity contribution in [2.45, 2.75) is 13.3 Å². The van der Waals surface area contributed by atoms with E-state index in [0.717, 1.165) is 0 Å². The molecule has 0 saturated carbocycles. The van der Waals surface area contributed by atoms with Gasteiger partial charge in [-0.2, -0.15) is 0 Å². The van der Waals surface area contributed by atoms with E-state index < -0.39 is 0 Å². The number of benzene rings is 1. The van der Waals surface area contributed by atoms with E-state index in [9.17, 15) is 4.39 Å². The molecule has 0 aliphatic carbocycles. The monoisotopic (exact) mass is 212 g/mol. The van der Waals surface area contributed by atoms with Gasteiger partial charge in [-0.25, -0.2) is 4.39 Å². The van der Waals surface area contributed by atoms with Gasteiger partial charge in [0.1, 0.15) is 5.84 Å². The van der Waals surface area contributed by atoms with Crippen LogP contribution in [0, 0.1) is 12.7 Å². The van der Waals surface area contributed by atoms with Crippen LogP contribution in [0.4, 0.5) is 4.39 Å². The maximum Gasteiger partial charge on any atom is 0.167 e. The number of nitrogens with zero attached hydrogens (tertiary/aromatic N) is 1. The number of nitrogens with two attached hydrogens (primary N) is 1. The molecule has 0 heterocycles. The number of hydrogen-bond acceptors (Lipinski definition) is 3. The van der Waals surface area contributed by atoms with E-state index in [1.54, 1.807) is 19.1 Å². The number of hydrogen-bond donors (Lipinski definition) is 2. The summed E-state index contributed by atoms with van der Waals surface area (Å²) in [5.74, 6) is -0.138. The van der Waals surface area contributed by atoms with E-state index in [2.05, 4.69) is 5.16 Å². The molecule has 0 bridgehead atoms. The molecule has 0 aliphatic rings. The van der Waals surface area contributed by atoms with Crippen LogP contribution in [0.25, 0.3) is 0 Å². The number of oxime groups is 1. The van der Waals surface area contributed by atoms with Gasteiger partial charge >= 0.3 is 0 Å². The smallest absolute Gasteiger partial charge is 0.167 e. The van der Waals surface area contributed by atoms with Crippen molar-refractivity contribution in [2.75, 3.05) is 6.61 Å². The number of aryl methyl sites for hydroxylation is 1. The number of rotatable bonds is 4. The first-order valence-corrected chi connectivity index (χ1v) is 4.49. The van der Waals surface area contributed by atoms with Gasteiger partial charge in [0.05, 0.1) is 6.61 Å². The van der Waals surface area contributed by atoms with Gasteiger partial charge in [-0.05, 0) is 18.6 Å². The van der Waals surface area contributed by atoms with Crippen molar-refractivity contribution in [3.8, 4) is 5.75 Å². The van der Waals surface area contributed by atoms with Crippen LogP contribution in [-0.4, -0.2) is 17.6 Å². The lowest BCUT2D eigenvalue weighted by Gasteiger charge is -2.07. The highest BCUT2D eigenvalue weighted by molar-refractivity contribution is 5.79.